The van der Waals surface area contributed by atoms with Gasteiger partial charge < -0.3 is 5.73 Å². The molecule has 0 aromatic carbocycles. The monoisotopic (exact) mass is 262 g/mol. The summed E-state index contributed by atoms with van der Waals surface area (Å²) < 4.78 is 3.58. The van der Waals surface area contributed by atoms with Gasteiger partial charge in [-0.1, -0.05) is 11.6 Å². The zero-order valence-electron chi connectivity index (χ0n) is 9.71. The summed E-state index contributed by atoms with van der Waals surface area (Å²) in [5, 5.41) is 4.67. The summed E-state index contributed by atoms with van der Waals surface area (Å²) in [5.74, 6) is 0.420. The van der Waals surface area contributed by atoms with Crippen LogP contribution in [0.15, 0.2) is 24.7 Å². The molecule has 0 amide bonds. The predicted molar refractivity (Wildman–Crippen MR) is 69.3 cm³/mol. The third kappa shape index (κ3) is 1.80. The smallest absolute Gasteiger partial charge is 0.202 e. The third-order valence-electron chi connectivity index (χ3n) is 2.68. The molecular formula is C11H11ClN6. The molecule has 0 fully saturated rings. The summed E-state index contributed by atoms with van der Waals surface area (Å²) in [5.41, 5.74) is 8.36. The quantitative estimate of drug-likeness (QED) is 0.758. The van der Waals surface area contributed by atoms with E-state index in [9.17, 15) is 0 Å². The van der Waals surface area contributed by atoms with Crippen LogP contribution in [0, 0.1) is 0 Å². The minimum Gasteiger partial charge on any atom is -0.369 e. The number of halogens is 1. The highest BCUT2D eigenvalue weighted by Crippen LogP contribution is 2.20. The van der Waals surface area contributed by atoms with E-state index in [0.717, 1.165) is 11.2 Å². The van der Waals surface area contributed by atoms with Gasteiger partial charge in [0.1, 0.15) is 5.52 Å². The summed E-state index contributed by atoms with van der Waals surface area (Å²) >= 11 is 5.88. The van der Waals surface area contributed by atoms with Crippen LogP contribution in [-0.4, -0.2) is 24.3 Å². The first kappa shape index (κ1) is 11.0. The number of hydrogen-bond acceptors (Lipinski definition) is 4. The number of nitrogens with zero attached hydrogens (tertiary/aromatic N) is 5. The fourth-order valence-corrected chi connectivity index (χ4v) is 2.05. The summed E-state index contributed by atoms with van der Waals surface area (Å²) in [6, 6.07) is 1.75. The molecule has 2 N–H and O–H groups in total. The maximum Gasteiger partial charge on any atom is 0.202 e. The van der Waals surface area contributed by atoms with Crippen LogP contribution in [0.4, 0.5) is 5.95 Å². The van der Waals surface area contributed by atoms with Crippen LogP contribution in [0.2, 0.25) is 5.02 Å². The van der Waals surface area contributed by atoms with Crippen molar-refractivity contribution >= 4 is 28.7 Å². The molecular weight excluding hydrogens is 252 g/mol. The average molecular weight is 263 g/mol. The van der Waals surface area contributed by atoms with Crippen molar-refractivity contribution in [2.45, 2.75) is 6.54 Å². The van der Waals surface area contributed by atoms with E-state index >= 15 is 0 Å². The summed E-state index contributed by atoms with van der Waals surface area (Å²) in [6.07, 6.45) is 5.31. The third-order valence-corrected chi connectivity index (χ3v) is 2.89. The van der Waals surface area contributed by atoms with Crippen molar-refractivity contribution in [3.8, 4) is 0 Å². The van der Waals surface area contributed by atoms with Crippen LogP contribution in [0.3, 0.4) is 0 Å². The maximum atomic E-state index is 5.90. The van der Waals surface area contributed by atoms with Crippen molar-refractivity contribution in [3.63, 3.8) is 0 Å². The number of aromatic nitrogens is 5. The summed E-state index contributed by atoms with van der Waals surface area (Å²) in [4.78, 5) is 8.51. The Morgan fingerprint density at radius 2 is 2.22 bits per heavy atom. The molecule has 0 aliphatic heterocycles. The van der Waals surface area contributed by atoms with Gasteiger partial charge in [0.05, 0.1) is 17.8 Å². The van der Waals surface area contributed by atoms with Crippen molar-refractivity contribution in [1.82, 2.24) is 24.3 Å². The molecule has 18 heavy (non-hydrogen) atoms. The molecule has 3 heterocycles. The van der Waals surface area contributed by atoms with Crippen LogP contribution in [0.1, 0.15) is 5.56 Å². The van der Waals surface area contributed by atoms with E-state index in [2.05, 4.69) is 15.1 Å². The molecule has 0 bridgehead atoms. The van der Waals surface area contributed by atoms with Gasteiger partial charge in [0, 0.05) is 25.0 Å². The summed E-state index contributed by atoms with van der Waals surface area (Å²) in [6.45, 7) is 0.588. The molecule has 0 radical (unpaired) electrons. The van der Waals surface area contributed by atoms with E-state index in [1.54, 1.807) is 23.1 Å². The largest absolute Gasteiger partial charge is 0.369 e. The highest BCUT2D eigenvalue weighted by molar-refractivity contribution is 6.31. The molecule has 3 rings (SSSR count). The highest BCUT2D eigenvalue weighted by atomic mass is 35.5. The molecule has 6 nitrogen and oxygen atoms in total. The molecule has 3 aromatic heterocycles. The van der Waals surface area contributed by atoms with Gasteiger partial charge in [0.2, 0.25) is 5.95 Å². The minimum absolute atomic E-state index is 0.420. The van der Waals surface area contributed by atoms with Crippen LogP contribution < -0.4 is 5.73 Å². The molecule has 7 heteroatoms. The Hall–Kier alpha value is -2.08. The number of nitrogens with two attached hydrogens (primary N) is 1. The zero-order chi connectivity index (χ0) is 12.7. The summed E-state index contributed by atoms with van der Waals surface area (Å²) in [7, 11) is 1.87. The van der Waals surface area contributed by atoms with Gasteiger partial charge in [-0.15, -0.1) is 0 Å². The van der Waals surface area contributed by atoms with Gasteiger partial charge in [0.15, 0.2) is 5.65 Å². The topological polar surface area (TPSA) is 74.5 Å². The number of imidazole rings is 1. The molecule has 0 aliphatic carbocycles. The lowest BCUT2D eigenvalue weighted by Gasteiger charge is -2.03. The molecule has 0 unspecified atom stereocenters. The van der Waals surface area contributed by atoms with Crippen LogP contribution in [0.25, 0.3) is 11.2 Å². The Balaban J connectivity index is 2.08. The minimum atomic E-state index is 0.420. The number of nitrogen functional groups attached to an aromatic ring is 1. The number of hydrogen-bond donors (Lipinski definition) is 1. The first-order valence-corrected chi connectivity index (χ1v) is 5.76. The molecule has 0 saturated heterocycles. The Labute approximate surface area is 108 Å². The SMILES string of the molecule is Cn1cc(Cn2c(N)nc3cc(Cl)cnc32)cn1. The van der Waals surface area contributed by atoms with E-state index < -0.39 is 0 Å². The Morgan fingerprint density at radius 1 is 1.39 bits per heavy atom. The zero-order valence-corrected chi connectivity index (χ0v) is 10.5. The Morgan fingerprint density at radius 3 is 2.94 bits per heavy atom. The Bertz CT molecular complexity index is 713. The molecule has 92 valence electrons. The Kier molecular flexibility index (Phi) is 2.45. The van der Waals surface area contributed by atoms with Crippen molar-refractivity contribution in [3.05, 3.63) is 35.2 Å². The molecule has 0 spiro atoms. The van der Waals surface area contributed by atoms with Crippen molar-refractivity contribution in [2.75, 3.05) is 5.73 Å². The van der Waals surface area contributed by atoms with Crippen LogP contribution in [0.5, 0.6) is 0 Å². The van der Waals surface area contributed by atoms with Gasteiger partial charge in [-0.2, -0.15) is 5.10 Å². The normalized spacial score (nSPS) is 11.2. The first-order chi connectivity index (χ1) is 8.63. The van der Waals surface area contributed by atoms with Crippen molar-refractivity contribution < 1.29 is 0 Å². The van der Waals surface area contributed by atoms with Crippen molar-refractivity contribution in [1.29, 1.82) is 0 Å². The number of anilines is 1. The molecule has 0 atom stereocenters. The van der Waals surface area contributed by atoms with E-state index in [1.165, 1.54) is 0 Å². The molecule has 3 aromatic rings. The number of rotatable bonds is 2. The standard InChI is InChI=1S/C11H11ClN6/c1-17-5-7(3-15-17)6-18-10-9(16-11(18)13)2-8(12)4-14-10/h2-5H,6H2,1H3,(H2,13,16). The average Bonchev–Trinajstić information content (AvgIpc) is 2.84. The van der Waals surface area contributed by atoms with Crippen LogP contribution in [-0.2, 0) is 13.6 Å². The number of aryl methyl sites for hydroxylation is 1. The lowest BCUT2D eigenvalue weighted by atomic mass is 10.3. The maximum absolute atomic E-state index is 5.90. The van der Waals surface area contributed by atoms with E-state index in [1.807, 2.05) is 17.8 Å². The molecule has 0 saturated carbocycles. The van der Waals surface area contributed by atoms with Gasteiger partial charge in [-0.25, -0.2) is 9.97 Å². The van der Waals surface area contributed by atoms with Gasteiger partial charge in [-0.3, -0.25) is 9.25 Å². The number of fused-ring (bicyclic) bond motifs is 1. The second kappa shape index (κ2) is 3.99. The second-order valence-electron chi connectivity index (χ2n) is 4.07. The van der Waals surface area contributed by atoms with Crippen LogP contribution >= 0.6 is 11.6 Å². The highest BCUT2D eigenvalue weighted by Gasteiger charge is 2.10. The fourth-order valence-electron chi connectivity index (χ4n) is 1.90. The first-order valence-electron chi connectivity index (χ1n) is 5.38. The number of pyridine rings is 1. The van der Waals surface area contributed by atoms with Crippen molar-refractivity contribution in [2.24, 2.45) is 7.05 Å². The lowest BCUT2D eigenvalue weighted by molar-refractivity contribution is 0.764. The van der Waals surface area contributed by atoms with Gasteiger partial charge in [0.25, 0.3) is 0 Å². The fraction of sp³-hybridized carbons (Fsp3) is 0.182. The lowest BCUT2D eigenvalue weighted by Crippen LogP contribution is -2.04. The van der Waals surface area contributed by atoms with E-state index in [0.29, 0.717) is 23.0 Å². The predicted octanol–water partition coefficient (Wildman–Crippen LogP) is 1.45. The van der Waals surface area contributed by atoms with Gasteiger partial charge >= 0.3 is 0 Å². The van der Waals surface area contributed by atoms with E-state index in [4.69, 9.17) is 17.3 Å². The van der Waals surface area contributed by atoms with Gasteiger partial charge in [-0.05, 0) is 6.07 Å². The molecule has 0 aliphatic rings. The second-order valence-corrected chi connectivity index (χ2v) is 4.51. The van der Waals surface area contributed by atoms with E-state index in [-0.39, 0.29) is 0 Å².